The highest BCUT2D eigenvalue weighted by atomic mass is 35.5. The molecule has 0 aliphatic carbocycles. The van der Waals surface area contributed by atoms with Gasteiger partial charge in [-0.05, 0) is 37.1 Å². The van der Waals surface area contributed by atoms with Crippen LogP contribution in [0.25, 0.3) is 0 Å². The van der Waals surface area contributed by atoms with Crippen LogP contribution in [0, 0.1) is 0 Å². The molecule has 3 nitrogen and oxygen atoms in total. The predicted octanol–water partition coefficient (Wildman–Crippen LogP) is 4.57. The normalized spacial score (nSPS) is 10.3. The van der Waals surface area contributed by atoms with Crippen molar-refractivity contribution in [1.29, 1.82) is 0 Å². The summed E-state index contributed by atoms with van der Waals surface area (Å²) in [6.45, 7) is 4.59. The average molecular weight is 292 g/mol. The molecule has 4 heteroatoms. The Morgan fingerprint density at radius 2 is 1.85 bits per heavy atom. The van der Waals surface area contributed by atoms with Crippen LogP contribution >= 0.6 is 11.6 Å². The summed E-state index contributed by atoms with van der Waals surface area (Å²) in [4.78, 5) is 4.46. The Labute approximate surface area is 124 Å². The summed E-state index contributed by atoms with van der Waals surface area (Å²) >= 11 is 5.90. The lowest BCUT2D eigenvalue weighted by Crippen LogP contribution is -1.98. The van der Waals surface area contributed by atoms with Crippen molar-refractivity contribution in [1.82, 2.24) is 4.98 Å². The Morgan fingerprint density at radius 1 is 1.10 bits per heavy atom. The largest absolute Gasteiger partial charge is 0.490 e. The molecule has 2 rings (SSSR count). The Kier molecular flexibility index (Phi) is 5.24. The van der Waals surface area contributed by atoms with Gasteiger partial charge in [-0.3, -0.25) is 0 Å². The van der Waals surface area contributed by atoms with Gasteiger partial charge < -0.3 is 9.47 Å². The molecule has 0 amide bonds. The van der Waals surface area contributed by atoms with E-state index in [4.69, 9.17) is 21.1 Å². The molecule has 0 atom stereocenters. The zero-order chi connectivity index (χ0) is 14.4. The van der Waals surface area contributed by atoms with Crippen molar-refractivity contribution in [3.8, 4) is 17.4 Å². The Morgan fingerprint density at radius 3 is 2.50 bits per heavy atom. The lowest BCUT2D eigenvalue weighted by molar-refractivity contribution is 0.319. The summed E-state index contributed by atoms with van der Waals surface area (Å²) in [6.07, 6.45) is 0.841. The van der Waals surface area contributed by atoms with Gasteiger partial charge in [0.15, 0.2) is 11.5 Å². The molecule has 0 bridgehead atoms. The number of alkyl halides is 1. The number of nitrogens with zero attached hydrogens (tertiary/aromatic N) is 1. The Balaban J connectivity index is 2.29. The molecule has 0 unspecified atom stereocenters. The zero-order valence-corrected chi connectivity index (χ0v) is 12.5. The topological polar surface area (TPSA) is 31.4 Å². The van der Waals surface area contributed by atoms with Gasteiger partial charge in [0.25, 0.3) is 0 Å². The quantitative estimate of drug-likeness (QED) is 0.730. The van der Waals surface area contributed by atoms with Gasteiger partial charge in [-0.15, -0.1) is 11.6 Å². The number of ether oxygens (including phenoxy) is 2. The van der Waals surface area contributed by atoms with Gasteiger partial charge in [-0.2, -0.15) is 0 Å². The number of rotatable bonds is 6. The van der Waals surface area contributed by atoms with Gasteiger partial charge in [0.2, 0.25) is 5.88 Å². The number of halogens is 1. The highest BCUT2D eigenvalue weighted by Gasteiger charge is 2.08. The van der Waals surface area contributed by atoms with Crippen LogP contribution in [-0.4, -0.2) is 11.6 Å². The van der Waals surface area contributed by atoms with Gasteiger partial charge in [-0.25, -0.2) is 4.98 Å². The molecular weight excluding hydrogens is 274 g/mol. The molecule has 0 saturated carbocycles. The summed E-state index contributed by atoms with van der Waals surface area (Å²) in [6, 6.07) is 11.4. The van der Waals surface area contributed by atoms with E-state index in [1.165, 1.54) is 0 Å². The predicted molar refractivity (Wildman–Crippen MR) is 80.9 cm³/mol. The fraction of sp³-hybridized carbons (Fsp3) is 0.312. The van der Waals surface area contributed by atoms with Crippen molar-refractivity contribution in [3.63, 3.8) is 0 Å². The summed E-state index contributed by atoms with van der Waals surface area (Å²) in [5.74, 6) is 2.37. The van der Waals surface area contributed by atoms with Crippen LogP contribution in [0.4, 0.5) is 0 Å². The molecule has 0 aliphatic heterocycles. The van der Waals surface area contributed by atoms with E-state index in [9.17, 15) is 0 Å². The van der Waals surface area contributed by atoms with Crippen molar-refractivity contribution < 1.29 is 9.47 Å². The fourth-order valence-electron chi connectivity index (χ4n) is 1.85. The maximum atomic E-state index is 5.90. The second kappa shape index (κ2) is 7.15. The SMILES string of the molecule is CCOc1ccccc1Oc1cc(CCl)cc(CC)n1. The fourth-order valence-corrected chi connectivity index (χ4v) is 2.01. The number of hydrogen-bond acceptors (Lipinski definition) is 3. The van der Waals surface area contributed by atoms with Crippen molar-refractivity contribution >= 4 is 11.6 Å². The van der Waals surface area contributed by atoms with Crippen LogP contribution < -0.4 is 9.47 Å². The van der Waals surface area contributed by atoms with Crippen LogP contribution in [0.2, 0.25) is 0 Å². The number of aromatic nitrogens is 1. The summed E-state index contributed by atoms with van der Waals surface area (Å²) < 4.78 is 11.4. The van der Waals surface area contributed by atoms with E-state index in [0.29, 0.717) is 29.9 Å². The molecule has 0 N–H and O–H groups in total. The first-order valence-corrected chi connectivity index (χ1v) is 7.25. The maximum Gasteiger partial charge on any atom is 0.219 e. The Bertz CT molecular complexity index is 550. The molecule has 2 aromatic rings. The number of aryl methyl sites for hydroxylation is 1. The van der Waals surface area contributed by atoms with Gasteiger partial charge >= 0.3 is 0 Å². The lowest BCUT2D eigenvalue weighted by Gasteiger charge is -2.12. The summed E-state index contributed by atoms with van der Waals surface area (Å²) in [5, 5.41) is 0. The molecule has 0 aliphatic rings. The van der Waals surface area contributed by atoms with E-state index in [1.54, 1.807) is 0 Å². The van der Waals surface area contributed by atoms with Crippen LogP contribution in [0.3, 0.4) is 0 Å². The van der Waals surface area contributed by atoms with E-state index in [0.717, 1.165) is 17.7 Å². The monoisotopic (exact) mass is 291 g/mol. The molecule has 0 radical (unpaired) electrons. The van der Waals surface area contributed by atoms with Crippen molar-refractivity contribution in [2.45, 2.75) is 26.1 Å². The highest BCUT2D eigenvalue weighted by molar-refractivity contribution is 6.17. The molecule has 0 fully saturated rings. The molecule has 20 heavy (non-hydrogen) atoms. The molecule has 0 spiro atoms. The van der Waals surface area contributed by atoms with Gasteiger partial charge in [0.1, 0.15) is 0 Å². The minimum absolute atomic E-state index is 0.443. The van der Waals surface area contributed by atoms with Crippen molar-refractivity contribution in [2.75, 3.05) is 6.61 Å². The highest BCUT2D eigenvalue weighted by Crippen LogP contribution is 2.31. The first kappa shape index (κ1) is 14.7. The van der Waals surface area contributed by atoms with Crippen LogP contribution in [-0.2, 0) is 12.3 Å². The van der Waals surface area contributed by atoms with Gasteiger partial charge in [-0.1, -0.05) is 19.1 Å². The summed E-state index contributed by atoms with van der Waals surface area (Å²) in [5.41, 5.74) is 1.97. The molecule has 1 aromatic carbocycles. The minimum atomic E-state index is 0.443. The number of hydrogen-bond donors (Lipinski definition) is 0. The van der Waals surface area contributed by atoms with E-state index < -0.39 is 0 Å². The number of para-hydroxylation sites is 2. The zero-order valence-electron chi connectivity index (χ0n) is 11.7. The minimum Gasteiger partial charge on any atom is -0.490 e. The number of pyridine rings is 1. The third-order valence-corrected chi connectivity index (χ3v) is 3.10. The van der Waals surface area contributed by atoms with Crippen LogP contribution in [0.15, 0.2) is 36.4 Å². The van der Waals surface area contributed by atoms with E-state index in [2.05, 4.69) is 11.9 Å². The molecule has 106 valence electrons. The van der Waals surface area contributed by atoms with Crippen LogP contribution in [0.1, 0.15) is 25.1 Å². The van der Waals surface area contributed by atoms with E-state index in [1.807, 2.05) is 43.3 Å². The lowest BCUT2D eigenvalue weighted by atomic mass is 10.2. The third kappa shape index (κ3) is 3.64. The van der Waals surface area contributed by atoms with Crippen molar-refractivity contribution in [3.05, 3.63) is 47.7 Å². The second-order valence-corrected chi connectivity index (χ2v) is 4.54. The van der Waals surface area contributed by atoms with Gasteiger partial charge in [0, 0.05) is 17.6 Å². The Hall–Kier alpha value is -1.74. The first-order chi connectivity index (χ1) is 9.76. The molecule has 0 saturated heterocycles. The average Bonchev–Trinajstić information content (AvgIpc) is 2.49. The van der Waals surface area contributed by atoms with Crippen molar-refractivity contribution in [2.24, 2.45) is 0 Å². The molecular formula is C16H18ClNO2. The first-order valence-electron chi connectivity index (χ1n) is 6.72. The van der Waals surface area contributed by atoms with E-state index in [-0.39, 0.29) is 0 Å². The smallest absolute Gasteiger partial charge is 0.219 e. The third-order valence-electron chi connectivity index (χ3n) is 2.79. The van der Waals surface area contributed by atoms with Crippen LogP contribution in [0.5, 0.6) is 17.4 Å². The molecule has 1 aromatic heterocycles. The maximum absolute atomic E-state index is 5.90. The second-order valence-electron chi connectivity index (χ2n) is 4.27. The summed E-state index contributed by atoms with van der Waals surface area (Å²) in [7, 11) is 0. The number of benzene rings is 1. The molecule has 1 heterocycles. The van der Waals surface area contributed by atoms with Gasteiger partial charge in [0.05, 0.1) is 6.61 Å². The standard InChI is InChI=1S/C16H18ClNO2/c1-3-13-9-12(11-17)10-16(18-13)20-15-8-6-5-7-14(15)19-4-2/h5-10H,3-4,11H2,1-2H3. The van der Waals surface area contributed by atoms with E-state index >= 15 is 0 Å².